The molecule has 0 saturated carbocycles. The molecule has 0 bridgehead atoms. The van der Waals surface area contributed by atoms with Gasteiger partial charge >= 0.3 is 0 Å². The van der Waals surface area contributed by atoms with Crippen LogP contribution in [-0.4, -0.2) is 6.04 Å². The summed E-state index contributed by atoms with van der Waals surface area (Å²) in [5.74, 6) is 0. The summed E-state index contributed by atoms with van der Waals surface area (Å²) in [5, 5.41) is 0. The van der Waals surface area contributed by atoms with Crippen molar-refractivity contribution in [2.45, 2.75) is 71.3 Å². The Morgan fingerprint density at radius 1 is 1.00 bits per heavy atom. The normalized spacial score (nSPS) is 13.6. The van der Waals surface area contributed by atoms with Gasteiger partial charge in [-0.15, -0.1) is 0 Å². The fourth-order valence-corrected chi connectivity index (χ4v) is 1.45. The lowest BCUT2D eigenvalue weighted by Crippen LogP contribution is -2.17. The number of nitrogens with two attached hydrogens (primary N) is 1. The maximum atomic E-state index is 5.83. The van der Waals surface area contributed by atoms with E-state index in [0.29, 0.717) is 6.04 Å². The number of unbranched alkanes of at least 4 members (excludes halogenated alkanes) is 4. The zero-order valence-electron chi connectivity index (χ0n) is 9.97. The Morgan fingerprint density at radius 2 is 1.64 bits per heavy atom. The second-order valence-electron chi connectivity index (χ2n) is 4.07. The second kappa shape index (κ2) is 10.8. The van der Waals surface area contributed by atoms with Crippen molar-refractivity contribution in [1.29, 1.82) is 0 Å². The fraction of sp³-hybridized carbons (Fsp3) is 0.846. The minimum Gasteiger partial charge on any atom is -0.328 e. The lowest BCUT2D eigenvalue weighted by atomic mass is 10.1. The Morgan fingerprint density at radius 3 is 2.21 bits per heavy atom. The lowest BCUT2D eigenvalue weighted by Gasteiger charge is -2.05. The van der Waals surface area contributed by atoms with Gasteiger partial charge in [0.1, 0.15) is 0 Å². The van der Waals surface area contributed by atoms with Crippen LogP contribution in [0.5, 0.6) is 0 Å². The zero-order chi connectivity index (χ0) is 10.6. The first-order chi connectivity index (χ1) is 6.81. The first-order valence-electron chi connectivity index (χ1n) is 6.21. The molecular weight excluding hydrogens is 170 g/mol. The zero-order valence-corrected chi connectivity index (χ0v) is 9.97. The van der Waals surface area contributed by atoms with Crippen molar-refractivity contribution in [3.8, 4) is 0 Å². The van der Waals surface area contributed by atoms with Gasteiger partial charge in [-0.2, -0.15) is 0 Å². The maximum Gasteiger partial charge on any atom is 0.00363 e. The van der Waals surface area contributed by atoms with Crippen molar-refractivity contribution < 1.29 is 0 Å². The fourth-order valence-electron chi connectivity index (χ4n) is 1.45. The SMILES string of the molecule is CCCCC/C=C\CCCC(N)CC. The van der Waals surface area contributed by atoms with Crippen LogP contribution < -0.4 is 5.73 Å². The molecule has 0 fully saturated rings. The summed E-state index contributed by atoms with van der Waals surface area (Å²) in [6, 6.07) is 0.420. The highest BCUT2D eigenvalue weighted by Crippen LogP contribution is 2.04. The highest BCUT2D eigenvalue weighted by atomic mass is 14.6. The summed E-state index contributed by atoms with van der Waals surface area (Å²) in [6.07, 6.45) is 14.7. The largest absolute Gasteiger partial charge is 0.328 e. The van der Waals surface area contributed by atoms with Gasteiger partial charge in [0.05, 0.1) is 0 Å². The molecule has 2 N–H and O–H groups in total. The van der Waals surface area contributed by atoms with Crippen molar-refractivity contribution in [3.63, 3.8) is 0 Å². The molecule has 0 aliphatic rings. The minimum absolute atomic E-state index is 0.420. The number of rotatable bonds is 9. The van der Waals surface area contributed by atoms with Crippen LogP contribution in [-0.2, 0) is 0 Å². The molecule has 1 heteroatoms. The molecule has 0 radical (unpaired) electrons. The monoisotopic (exact) mass is 197 g/mol. The van der Waals surface area contributed by atoms with E-state index in [2.05, 4.69) is 26.0 Å². The van der Waals surface area contributed by atoms with Gasteiger partial charge in [-0.05, 0) is 38.5 Å². The quantitative estimate of drug-likeness (QED) is 0.438. The van der Waals surface area contributed by atoms with Crippen LogP contribution in [0.3, 0.4) is 0 Å². The topological polar surface area (TPSA) is 26.0 Å². The molecule has 1 nitrogen and oxygen atoms in total. The predicted molar refractivity (Wildman–Crippen MR) is 65.4 cm³/mol. The van der Waals surface area contributed by atoms with Crippen LogP contribution in [0.1, 0.15) is 65.2 Å². The van der Waals surface area contributed by atoms with Gasteiger partial charge in [-0.3, -0.25) is 0 Å². The molecule has 0 amide bonds. The third-order valence-corrected chi connectivity index (χ3v) is 2.61. The number of hydrogen-bond acceptors (Lipinski definition) is 1. The Hall–Kier alpha value is -0.300. The summed E-state index contributed by atoms with van der Waals surface area (Å²) < 4.78 is 0. The summed E-state index contributed by atoms with van der Waals surface area (Å²) >= 11 is 0. The molecule has 84 valence electrons. The molecular formula is C13H27N. The Kier molecular flexibility index (Phi) is 10.5. The van der Waals surface area contributed by atoms with Crippen LogP contribution in [0.25, 0.3) is 0 Å². The Labute approximate surface area is 89.8 Å². The average Bonchev–Trinajstić information content (AvgIpc) is 2.21. The molecule has 0 spiro atoms. The number of allylic oxidation sites excluding steroid dienone is 2. The Bertz CT molecular complexity index is 129. The Balaban J connectivity index is 3.10. The van der Waals surface area contributed by atoms with Crippen LogP contribution in [0.2, 0.25) is 0 Å². The van der Waals surface area contributed by atoms with Crippen molar-refractivity contribution >= 4 is 0 Å². The van der Waals surface area contributed by atoms with Gasteiger partial charge in [0.15, 0.2) is 0 Å². The van der Waals surface area contributed by atoms with E-state index in [9.17, 15) is 0 Å². The third kappa shape index (κ3) is 9.79. The second-order valence-corrected chi connectivity index (χ2v) is 4.07. The van der Waals surface area contributed by atoms with E-state index in [1.165, 1.54) is 44.9 Å². The van der Waals surface area contributed by atoms with Gasteiger partial charge in [-0.1, -0.05) is 38.8 Å². The summed E-state index contributed by atoms with van der Waals surface area (Å²) in [4.78, 5) is 0. The predicted octanol–water partition coefficient (Wildman–Crippen LogP) is 4.03. The molecule has 0 aliphatic carbocycles. The molecule has 0 aromatic heterocycles. The minimum atomic E-state index is 0.420. The smallest absolute Gasteiger partial charge is 0.00363 e. The molecule has 0 aromatic carbocycles. The summed E-state index contributed by atoms with van der Waals surface area (Å²) in [7, 11) is 0. The molecule has 0 heterocycles. The molecule has 0 saturated heterocycles. The van der Waals surface area contributed by atoms with Crippen molar-refractivity contribution in [3.05, 3.63) is 12.2 Å². The van der Waals surface area contributed by atoms with E-state index in [1.807, 2.05) is 0 Å². The average molecular weight is 197 g/mol. The van der Waals surface area contributed by atoms with E-state index in [4.69, 9.17) is 5.73 Å². The van der Waals surface area contributed by atoms with Crippen LogP contribution in [0.4, 0.5) is 0 Å². The molecule has 1 unspecified atom stereocenters. The van der Waals surface area contributed by atoms with Crippen molar-refractivity contribution in [2.75, 3.05) is 0 Å². The third-order valence-electron chi connectivity index (χ3n) is 2.61. The van der Waals surface area contributed by atoms with Gasteiger partial charge in [-0.25, -0.2) is 0 Å². The molecule has 0 aliphatic heterocycles. The summed E-state index contributed by atoms with van der Waals surface area (Å²) in [6.45, 7) is 4.40. The van der Waals surface area contributed by atoms with E-state index < -0.39 is 0 Å². The summed E-state index contributed by atoms with van der Waals surface area (Å²) in [5.41, 5.74) is 5.83. The van der Waals surface area contributed by atoms with Crippen LogP contribution >= 0.6 is 0 Å². The van der Waals surface area contributed by atoms with E-state index in [-0.39, 0.29) is 0 Å². The highest BCUT2D eigenvalue weighted by molar-refractivity contribution is 4.81. The van der Waals surface area contributed by atoms with Crippen molar-refractivity contribution in [2.24, 2.45) is 5.73 Å². The highest BCUT2D eigenvalue weighted by Gasteiger charge is 1.95. The molecule has 1 atom stereocenters. The van der Waals surface area contributed by atoms with Crippen LogP contribution in [0.15, 0.2) is 12.2 Å². The van der Waals surface area contributed by atoms with E-state index in [1.54, 1.807) is 0 Å². The first-order valence-corrected chi connectivity index (χ1v) is 6.21. The van der Waals surface area contributed by atoms with Gasteiger partial charge < -0.3 is 5.73 Å². The first kappa shape index (κ1) is 13.7. The van der Waals surface area contributed by atoms with Gasteiger partial charge in [0.25, 0.3) is 0 Å². The molecule has 14 heavy (non-hydrogen) atoms. The van der Waals surface area contributed by atoms with E-state index in [0.717, 1.165) is 6.42 Å². The number of hydrogen-bond donors (Lipinski definition) is 1. The molecule has 0 rings (SSSR count). The van der Waals surface area contributed by atoms with Gasteiger partial charge in [0.2, 0.25) is 0 Å². The van der Waals surface area contributed by atoms with Crippen molar-refractivity contribution in [1.82, 2.24) is 0 Å². The molecule has 0 aromatic rings. The van der Waals surface area contributed by atoms with Gasteiger partial charge in [0, 0.05) is 6.04 Å². The van der Waals surface area contributed by atoms with E-state index >= 15 is 0 Å². The standard InChI is InChI=1S/C13H27N/c1-3-5-6-7-8-9-10-11-12-13(14)4-2/h8-9,13H,3-7,10-12,14H2,1-2H3/b9-8-. The maximum absolute atomic E-state index is 5.83. The lowest BCUT2D eigenvalue weighted by molar-refractivity contribution is 0.571. The van der Waals surface area contributed by atoms with Crippen LogP contribution in [0, 0.1) is 0 Å².